The molecule has 0 saturated carbocycles. The summed E-state index contributed by atoms with van der Waals surface area (Å²) >= 11 is 0. The Balaban J connectivity index is 1.49. The molecule has 38 heavy (non-hydrogen) atoms. The third-order valence-electron chi connectivity index (χ3n) is 5.53. The van der Waals surface area contributed by atoms with Crippen molar-refractivity contribution in [2.75, 3.05) is 5.32 Å². The van der Waals surface area contributed by atoms with Crippen LogP contribution >= 0.6 is 0 Å². The molecule has 4 rings (SSSR count). The zero-order chi connectivity index (χ0) is 27.3. The van der Waals surface area contributed by atoms with Crippen LogP contribution in [0.4, 0.5) is 23.7 Å². The van der Waals surface area contributed by atoms with Gasteiger partial charge in [-0.2, -0.15) is 5.10 Å². The van der Waals surface area contributed by atoms with Crippen molar-refractivity contribution in [1.82, 2.24) is 15.1 Å². The van der Waals surface area contributed by atoms with Gasteiger partial charge in [-0.3, -0.25) is 9.48 Å². The highest BCUT2D eigenvalue weighted by Crippen LogP contribution is 2.41. The Hall–Kier alpha value is -4.80. The first-order valence-electron chi connectivity index (χ1n) is 11.4. The van der Waals surface area contributed by atoms with E-state index in [0.29, 0.717) is 27.9 Å². The molecule has 0 bridgehead atoms. The molecule has 0 aliphatic heterocycles. The SMILES string of the molecule is Cn1cc(-c2cccc(OC(F)(F)F)c2-c2ccc(NC(=O)NCc3ccc(CC(=O)O)cc3)cc2)cn1. The molecule has 0 radical (unpaired) electrons. The molecule has 8 nitrogen and oxygen atoms in total. The van der Waals surface area contributed by atoms with Crippen molar-refractivity contribution < 1.29 is 32.6 Å². The summed E-state index contributed by atoms with van der Waals surface area (Å²) in [6.07, 6.45) is -1.72. The average Bonchev–Trinajstić information content (AvgIpc) is 3.29. The molecule has 0 saturated heterocycles. The number of alkyl halides is 3. The maximum Gasteiger partial charge on any atom is 0.573 e. The van der Waals surface area contributed by atoms with Crippen LogP contribution in [0.2, 0.25) is 0 Å². The highest BCUT2D eigenvalue weighted by atomic mass is 19.4. The number of nitrogens with zero attached hydrogens (tertiary/aromatic N) is 2. The highest BCUT2D eigenvalue weighted by Gasteiger charge is 2.33. The summed E-state index contributed by atoms with van der Waals surface area (Å²) in [5, 5.41) is 18.3. The number of amides is 2. The molecule has 11 heteroatoms. The first-order valence-corrected chi connectivity index (χ1v) is 11.4. The fraction of sp³-hybridized carbons (Fsp3) is 0.148. The highest BCUT2D eigenvalue weighted by molar-refractivity contribution is 5.91. The van der Waals surface area contributed by atoms with Gasteiger partial charge in [0.05, 0.1) is 12.6 Å². The van der Waals surface area contributed by atoms with Crippen molar-refractivity contribution in [3.8, 4) is 28.0 Å². The molecule has 0 unspecified atom stereocenters. The number of anilines is 1. The Kier molecular flexibility index (Phi) is 7.66. The predicted octanol–water partition coefficient (Wildman–Crippen LogP) is 5.60. The largest absolute Gasteiger partial charge is 0.573 e. The van der Waals surface area contributed by atoms with Crippen molar-refractivity contribution in [3.05, 3.63) is 90.3 Å². The number of urea groups is 1. The van der Waals surface area contributed by atoms with Crippen molar-refractivity contribution in [1.29, 1.82) is 0 Å². The number of halogens is 3. The van der Waals surface area contributed by atoms with Crippen molar-refractivity contribution in [3.63, 3.8) is 0 Å². The van der Waals surface area contributed by atoms with Gasteiger partial charge in [0.2, 0.25) is 0 Å². The summed E-state index contributed by atoms with van der Waals surface area (Å²) in [5.74, 6) is -1.28. The minimum Gasteiger partial charge on any atom is -0.481 e. The van der Waals surface area contributed by atoms with Gasteiger partial charge < -0.3 is 20.5 Å². The molecular formula is C27H23F3N4O4. The molecule has 3 N–H and O–H groups in total. The van der Waals surface area contributed by atoms with Gasteiger partial charge in [-0.25, -0.2) is 4.79 Å². The lowest BCUT2D eigenvalue weighted by atomic mass is 9.95. The normalized spacial score (nSPS) is 11.2. The summed E-state index contributed by atoms with van der Waals surface area (Å²) in [7, 11) is 1.71. The van der Waals surface area contributed by atoms with E-state index >= 15 is 0 Å². The topological polar surface area (TPSA) is 105 Å². The van der Waals surface area contributed by atoms with Gasteiger partial charge in [-0.15, -0.1) is 13.2 Å². The molecule has 0 aliphatic rings. The maximum absolute atomic E-state index is 13.1. The fourth-order valence-corrected chi connectivity index (χ4v) is 3.87. The first kappa shape index (κ1) is 26.3. The number of ether oxygens (including phenoxy) is 1. The van der Waals surface area contributed by atoms with Gasteiger partial charge in [0, 0.05) is 36.6 Å². The second kappa shape index (κ2) is 11.1. The number of hydrogen-bond donors (Lipinski definition) is 3. The van der Waals surface area contributed by atoms with Gasteiger partial charge in [-0.1, -0.05) is 48.5 Å². The number of aryl methyl sites for hydroxylation is 1. The number of carbonyl (C=O) groups is 2. The Bertz CT molecular complexity index is 1430. The second-order valence-corrected chi connectivity index (χ2v) is 8.40. The number of benzene rings is 3. The number of carbonyl (C=O) groups excluding carboxylic acids is 1. The molecule has 0 fully saturated rings. The Morgan fingerprint density at radius 1 is 0.974 bits per heavy atom. The number of aliphatic carboxylic acids is 1. The summed E-state index contributed by atoms with van der Waals surface area (Å²) in [6, 6.07) is 17.1. The lowest BCUT2D eigenvalue weighted by Crippen LogP contribution is -2.28. The van der Waals surface area contributed by atoms with E-state index in [-0.39, 0.29) is 24.3 Å². The Morgan fingerprint density at radius 3 is 2.26 bits per heavy atom. The molecule has 1 aromatic heterocycles. The van der Waals surface area contributed by atoms with Crippen LogP contribution in [0.3, 0.4) is 0 Å². The van der Waals surface area contributed by atoms with Crippen molar-refractivity contribution >= 4 is 17.7 Å². The monoisotopic (exact) mass is 524 g/mol. The van der Waals surface area contributed by atoms with Crippen LogP contribution in [-0.2, 0) is 24.8 Å². The zero-order valence-corrected chi connectivity index (χ0v) is 20.1. The van der Waals surface area contributed by atoms with Crippen LogP contribution in [-0.4, -0.2) is 33.2 Å². The summed E-state index contributed by atoms with van der Waals surface area (Å²) in [4.78, 5) is 23.1. The molecule has 0 spiro atoms. The van der Waals surface area contributed by atoms with Crippen molar-refractivity contribution in [2.24, 2.45) is 7.05 Å². The number of carboxylic acid groups (broad SMARTS) is 1. The molecule has 196 valence electrons. The van der Waals surface area contributed by atoms with E-state index in [4.69, 9.17) is 5.11 Å². The van der Waals surface area contributed by atoms with Gasteiger partial charge in [0.15, 0.2) is 0 Å². The molecule has 2 amide bonds. The standard InChI is InChI=1S/C27H23F3N4O4/c1-34-16-20(15-32-34)22-3-2-4-23(38-27(28,29)30)25(22)19-9-11-21(12-10-19)33-26(37)31-14-18-7-5-17(6-8-18)13-24(35)36/h2-12,15-16H,13-14H2,1H3,(H,35,36)(H2,31,33,37). The third-order valence-corrected chi connectivity index (χ3v) is 5.53. The first-order chi connectivity index (χ1) is 18.1. The number of nitrogens with one attached hydrogen (secondary N) is 2. The summed E-state index contributed by atoms with van der Waals surface area (Å²) < 4.78 is 45.3. The summed E-state index contributed by atoms with van der Waals surface area (Å²) in [5.41, 5.74) is 3.69. The fourth-order valence-electron chi connectivity index (χ4n) is 3.87. The number of hydrogen-bond acceptors (Lipinski definition) is 4. The Morgan fingerprint density at radius 2 is 1.66 bits per heavy atom. The minimum atomic E-state index is -4.88. The number of carboxylic acids is 1. The van der Waals surface area contributed by atoms with Crippen LogP contribution in [0.5, 0.6) is 5.75 Å². The number of rotatable bonds is 8. The van der Waals surface area contributed by atoms with Crippen LogP contribution < -0.4 is 15.4 Å². The minimum absolute atomic E-state index is 0.0826. The van der Waals surface area contributed by atoms with E-state index in [1.54, 1.807) is 78.7 Å². The molecule has 0 aliphatic carbocycles. The molecule has 1 heterocycles. The zero-order valence-electron chi connectivity index (χ0n) is 20.1. The van der Waals surface area contributed by atoms with E-state index in [1.807, 2.05) is 0 Å². The molecule has 4 aromatic rings. The van der Waals surface area contributed by atoms with Crippen LogP contribution in [0.15, 0.2) is 79.1 Å². The smallest absolute Gasteiger partial charge is 0.481 e. The second-order valence-electron chi connectivity index (χ2n) is 8.40. The predicted molar refractivity (Wildman–Crippen MR) is 134 cm³/mol. The lowest BCUT2D eigenvalue weighted by molar-refractivity contribution is -0.274. The van der Waals surface area contributed by atoms with Crippen LogP contribution in [0, 0.1) is 0 Å². The number of aromatic nitrogens is 2. The van der Waals surface area contributed by atoms with Crippen LogP contribution in [0.1, 0.15) is 11.1 Å². The molecule has 0 atom stereocenters. The maximum atomic E-state index is 13.1. The summed E-state index contributed by atoms with van der Waals surface area (Å²) in [6.45, 7) is 0.216. The van der Waals surface area contributed by atoms with Gasteiger partial charge in [0.25, 0.3) is 0 Å². The quantitative estimate of drug-likeness (QED) is 0.278. The van der Waals surface area contributed by atoms with Crippen LogP contribution in [0.25, 0.3) is 22.3 Å². The van der Waals surface area contributed by atoms with Gasteiger partial charge in [-0.05, 0) is 40.5 Å². The molecule has 3 aromatic carbocycles. The van der Waals surface area contributed by atoms with E-state index < -0.39 is 18.4 Å². The third kappa shape index (κ3) is 6.90. The van der Waals surface area contributed by atoms with Gasteiger partial charge in [0.1, 0.15) is 5.75 Å². The lowest BCUT2D eigenvalue weighted by Gasteiger charge is -2.17. The van der Waals surface area contributed by atoms with E-state index in [0.717, 1.165) is 5.56 Å². The van der Waals surface area contributed by atoms with E-state index in [9.17, 15) is 22.8 Å². The Labute approximate surface area is 215 Å². The van der Waals surface area contributed by atoms with Crippen molar-refractivity contribution in [2.45, 2.75) is 19.3 Å². The molecular weight excluding hydrogens is 501 g/mol. The average molecular weight is 524 g/mol. The van der Waals surface area contributed by atoms with E-state index in [2.05, 4.69) is 20.5 Å². The van der Waals surface area contributed by atoms with E-state index in [1.165, 1.54) is 12.1 Å². The van der Waals surface area contributed by atoms with Gasteiger partial charge >= 0.3 is 18.4 Å².